The third kappa shape index (κ3) is 5.93. The van der Waals surface area contributed by atoms with E-state index in [1.807, 2.05) is 0 Å². The van der Waals surface area contributed by atoms with Crippen LogP contribution in [0.15, 0.2) is 43.0 Å². The number of carboxylic acid groups (broad SMARTS) is 1. The van der Waals surface area contributed by atoms with Crippen molar-refractivity contribution in [3.8, 4) is 17.2 Å². The molecule has 3 N–H and O–H groups in total. The van der Waals surface area contributed by atoms with Crippen molar-refractivity contribution in [1.29, 1.82) is 0 Å². The largest absolute Gasteiger partial charge is 0.494 e. The van der Waals surface area contributed by atoms with Gasteiger partial charge in [0.15, 0.2) is 17.3 Å². The third-order valence-corrected chi connectivity index (χ3v) is 5.02. The second-order valence-corrected chi connectivity index (χ2v) is 8.30. The fourth-order valence-electron chi connectivity index (χ4n) is 3.10. The first-order valence-corrected chi connectivity index (χ1v) is 10.4. The van der Waals surface area contributed by atoms with E-state index in [9.17, 15) is 14.0 Å². The molecule has 34 heavy (non-hydrogen) atoms. The molecule has 0 saturated carbocycles. The summed E-state index contributed by atoms with van der Waals surface area (Å²) in [5, 5.41) is 21.8. The van der Waals surface area contributed by atoms with E-state index in [4.69, 9.17) is 26.2 Å². The number of ether oxygens (including phenoxy) is 2. The van der Waals surface area contributed by atoms with E-state index in [0.29, 0.717) is 11.3 Å². The highest BCUT2D eigenvalue weighted by Gasteiger charge is 2.26. The first kappa shape index (κ1) is 24.8. The molecule has 3 rings (SSSR count). The molecule has 1 aromatic heterocycles. The smallest absolute Gasteiger partial charge is 0.405 e. The van der Waals surface area contributed by atoms with E-state index in [1.54, 1.807) is 26.0 Å². The first-order valence-electron chi connectivity index (χ1n) is 10.0. The van der Waals surface area contributed by atoms with Crippen LogP contribution in [0.4, 0.5) is 9.18 Å². The molecule has 1 heterocycles. The van der Waals surface area contributed by atoms with Gasteiger partial charge < -0.3 is 25.2 Å². The van der Waals surface area contributed by atoms with E-state index in [2.05, 4.69) is 20.8 Å². The van der Waals surface area contributed by atoms with Gasteiger partial charge in [-0.05, 0) is 43.7 Å². The van der Waals surface area contributed by atoms with Crippen LogP contribution in [-0.4, -0.2) is 51.1 Å². The fourth-order valence-corrected chi connectivity index (χ4v) is 3.34. The highest BCUT2D eigenvalue weighted by atomic mass is 35.5. The van der Waals surface area contributed by atoms with Crippen LogP contribution in [0.5, 0.6) is 11.5 Å². The number of nitrogens with one attached hydrogen (secondary N) is 2. The fraction of sp³-hybridized carbons (Fsp3) is 0.273. The van der Waals surface area contributed by atoms with Gasteiger partial charge in [0.1, 0.15) is 24.8 Å². The molecule has 0 bridgehead atoms. The van der Waals surface area contributed by atoms with Crippen LogP contribution in [0.3, 0.4) is 0 Å². The summed E-state index contributed by atoms with van der Waals surface area (Å²) in [6.45, 7) is 3.15. The summed E-state index contributed by atoms with van der Waals surface area (Å²) >= 11 is 6.37. The van der Waals surface area contributed by atoms with E-state index < -0.39 is 23.4 Å². The number of carbonyl (C=O) groups is 2. The van der Waals surface area contributed by atoms with Crippen molar-refractivity contribution >= 4 is 23.6 Å². The Labute approximate surface area is 199 Å². The SMILES string of the molecule is COc1ccc(CNC(=O)c2c(Cl)ccc(-n3cnnc3)c2OCC(C)(C)NC(=O)O)cc1F. The van der Waals surface area contributed by atoms with Gasteiger partial charge >= 0.3 is 6.09 Å². The molecule has 0 saturated heterocycles. The minimum atomic E-state index is -1.22. The van der Waals surface area contributed by atoms with Crippen molar-refractivity contribution in [2.24, 2.45) is 0 Å². The summed E-state index contributed by atoms with van der Waals surface area (Å²) in [5.74, 6) is -0.937. The standard InChI is InChI=1S/C22H23ClFN5O5/c1-22(2,28-21(31)32)10-34-19-16(29-11-26-27-12-29)6-5-14(23)18(19)20(30)25-9-13-4-7-17(33-3)15(24)8-13/h4-8,11-12,28H,9-10H2,1-3H3,(H,25,30)(H,31,32). The Morgan fingerprint density at radius 2 is 1.91 bits per heavy atom. The number of hydrogen-bond acceptors (Lipinski definition) is 6. The quantitative estimate of drug-likeness (QED) is 0.418. The van der Waals surface area contributed by atoms with Crippen molar-refractivity contribution in [3.63, 3.8) is 0 Å². The minimum absolute atomic E-state index is 0.0123. The number of rotatable bonds is 9. The van der Waals surface area contributed by atoms with Gasteiger partial charge in [-0.3, -0.25) is 9.36 Å². The number of methoxy groups -OCH3 is 1. The van der Waals surface area contributed by atoms with E-state index in [0.717, 1.165) is 0 Å². The van der Waals surface area contributed by atoms with Gasteiger partial charge in [-0.25, -0.2) is 9.18 Å². The van der Waals surface area contributed by atoms with Gasteiger partial charge in [0.25, 0.3) is 5.91 Å². The second kappa shape index (κ2) is 10.4. The van der Waals surface area contributed by atoms with Crippen LogP contribution < -0.4 is 20.1 Å². The summed E-state index contributed by atoms with van der Waals surface area (Å²) in [4.78, 5) is 24.2. The first-order chi connectivity index (χ1) is 16.1. The van der Waals surface area contributed by atoms with Crippen molar-refractivity contribution in [1.82, 2.24) is 25.4 Å². The average molecular weight is 492 g/mol. The van der Waals surface area contributed by atoms with Crippen LogP contribution in [0.25, 0.3) is 5.69 Å². The van der Waals surface area contributed by atoms with Crippen molar-refractivity contribution in [3.05, 3.63) is 65.0 Å². The topological polar surface area (TPSA) is 128 Å². The molecule has 0 radical (unpaired) electrons. The molecular weight excluding hydrogens is 469 g/mol. The second-order valence-electron chi connectivity index (χ2n) is 7.89. The zero-order valence-corrected chi connectivity index (χ0v) is 19.4. The Balaban J connectivity index is 1.91. The molecule has 0 aliphatic rings. The van der Waals surface area contributed by atoms with Crippen LogP contribution in [0.1, 0.15) is 29.8 Å². The molecule has 0 aliphatic heterocycles. The maximum absolute atomic E-state index is 14.0. The van der Waals surface area contributed by atoms with Crippen LogP contribution in [-0.2, 0) is 6.54 Å². The third-order valence-electron chi connectivity index (χ3n) is 4.70. The maximum atomic E-state index is 14.0. The molecule has 10 nitrogen and oxygen atoms in total. The Bertz CT molecular complexity index is 1190. The molecule has 0 aliphatic carbocycles. The van der Waals surface area contributed by atoms with Crippen LogP contribution in [0, 0.1) is 5.82 Å². The maximum Gasteiger partial charge on any atom is 0.405 e. The number of carbonyl (C=O) groups excluding carboxylic acids is 1. The molecule has 2 amide bonds. The van der Waals surface area contributed by atoms with Crippen LogP contribution >= 0.6 is 11.6 Å². The highest BCUT2D eigenvalue weighted by molar-refractivity contribution is 6.34. The Kier molecular flexibility index (Phi) is 7.57. The Morgan fingerprint density at radius 3 is 2.53 bits per heavy atom. The minimum Gasteiger partial charge on any atom is -0.494 e. The Hall–Kier alpha value is -3.86. The number of amides is 2. The van der Waals surface area contributed by atoms with Gasteiger partial charge in [0.2, 0.25) is 0 Å². The van der Waals surface area contributed by atoms with Crippen molar-refractivity contribution in [2.45, 2.75) is 25.9 Å². The molecule has 3 aromatic rings. The average Bonchev–Trinajstić information content (AvgIpc) is 3.30. The monoisotopic (exact) mass is 491 g/mol. The summed E-state index contributed by atoms with van der Waals surface area (Å²) in [5.41, 5.74) is -0.0337. The zero-order valence-electron chi connectivity index (χ0n) is 18.6. The van der Waals surface area contributed by atoms with Gasteiger partial charge in [0.05, 0.1) is 23.4 Å². The number of nitrogens with zero attached hydrogens (tertiary/aromatic N) is 3. The molecule has 0 fully saturated rings. The lowest BCUT2D eigenvalue weighted by atomic mass is 10.1. The van der Waals surface area contributed by atoms with E-state index in [-0.39, 0.29) is 35.2 Å². The molecule has 180 valence electrons. The van der Waals surface area contributed by atoms with Gasteiger partial charge in [-0.1, -0.05) is 17.7 Å². The lowest BCUT2D eigenvalue weighted by Gasteiger charge is -2.26. The van der Waals surface area contributed by atoms with Gasteiger partial charge in [-0.2, -0.15) is 0 Å². The summed E-state index contributed by atoms with van der Waals surface area (Å²) in [6.07, 6.45) is 1.61. The number of halogens is 2. The summed E-state index contributed by atoms with van der Waals surface area (Å²) < 4.78 is 26.4. The molecule has 12 heteroatoms. The van der Waals surface area contributed by atoms with Crippen molar-refractivity contribution in [2.75, 3.05) is 13.7 Å². The summed E-state index contributed by atoms with van der Waals surface area (Å²) in [7, 11) is 1.36. The van der Waals surface area contributed by atoms with Gasteiger partial charge in [-0.15, -0.1) is 10.2 Å². The number of aromatic nitrogens is 3. The lowest BCUT2D eigenvalue weighted by Crippen LogP contribution is -2.47. The van der Waals surface area contributed by atoms with E-state index in [1.165, 1.54) is 42.5 Å². The highest BCUT2D eigenvalue weighted by Crippen LogP contribution is 2.34. The van der Waals surface area contributed by atoms with Crippen molar-refractivity contribution < 1.29 is 28.6 Å². The lowest BCUT2D eigenvalue weighted by molar-refractivity contribution is 0.0943. The van der Waals surface area contributed by atoms with E-state index >= 15 is 0 Å². The molecule has 0 atom stereocenters. The predicted octanol–water partition coefficient (Wildman–Crippen LogP) is 3.42. The summed E-state index contributed by atoms with van der Waals surface area (Å²) in [6, 6.07) is 7.48. The van der Waals surface area contributed by atoms with Gasteiger partial charge in [0, 0.05) is 6.54 Å². The molecule has 0 unspecified atom stereocenters. The van der Waals surface area contributed by atoms with Crippen LogP contribution in [0.2, 0.25) is 5.02 Å². The molecular formula is C22H23ClFN5O5. The number of hydrogen-bond donors (Lipinski definition) is 3. The zero-order chi connectivity index (χ0) is 24.9. The predicted molar refractivity (Wildman–Crippen MR) is 121 cm³/mol. The normalized spacial score (nSPS) is 11.1. The molecule has 2 aromatic carbocycles. The number of benzene rings is 2. The Morgan fingerprint density at radius 1 is 1.21 bits per heavy atom. The molecule has 0 spiro atoms.